The number of alkyl carbamates (subject to hydrolysis) is 1. The van der Waals surface area contributed by atoms with Crippen LogP contribution in [0.4, 0.5) is 4.79 Å². The van der Waals surface area contributed by atoms with E-state index in [1.165, 1.54) is 12.1 Å². The highest BCUT2D eigenvalue weighted by Crippen LogP contribution is 2.31. The standard InChI is InChI=1S/C42H49N7O7/c1-47(19-7-18-43-24-36(51)32-12-14-35(50)40-33(32)13-15-38(52)44-40)41(53)34-23-30(46-48(34)2)26-55-31-11-6-10-29(22-31)39(28-8-4-3-5-9-28)45-42(54)56-37-25-49-20-16-27(37)17-21-49/h3-6,8-15,22-23,27,36-37,39,43,50-51H,7,16-21,24-26H2,1-2H3,(H,44,52)(H,45,54)/t36-,37-,39-/m0/s1. The Balaban J connectivity index is 0.905. The summed E-state index contributed by atoms with van der Waals surface area (Å²) < 4.78 is 13.7. The van der Waals surface area contributed by atoms with Crippen molar-refractivity contribution in [1.29, 1.82) is 0 Å². The van der Waals surface area contributed by atoms with Gasteiger partial charge in [0.2, 0.25) is 5.56 Å². The fourth-order valence-corrected chi connectivity index (χ4v) is 7.71. The summed E-state index contributed by atoms with van der Waals surface area (Å²) in [6.07, 6.45) is 1.35. The average molecular weight is 764 g/mol. The van der Waals surface area contributed by atoms with Crippen LogP contribution in [0.2, 0.25) is 0 Å². The molecule has 0 spiro atoms. The van der Waals surface area contributed by atoms with E-state index in [1.807, 2.05) is 54.6 Å². The average Bonchev–Trinajstić information content (AvgIpc) is 3.59. The summed E-state index contributed by atoms with van der Waals surface area (Å²) in [6.45, 7) is 4.33. The van der Waals surface area contributed by atoms with Crippen LogP contribution in [-0.4, -0.2) is 99.2 Å². The molecule has 14 nitrogen and oxygen atoms in total. The fourth-order valence-electron chi connectivity index (χ4n) is 7.71. The largest absolute Gasteiger partial charge is 0.506 e. The molecule has 0 unspecified atom stereocenters. The molecular weight excluding hydrogens is 715 g/mol. The Morgan fingerprint density at radius 1 is 1.02 bits per heavy atom. The number of benzene rings is 3. The number of hydrogen-bond donors (Lipinski definition) is 5. The van der Waals surface area contributed by atoms with Crippen LogP contribution in [0.5, 0.6) is 11.5 Å². The normalized spacial score (nSPS) is 18.7. The van der Waals surface area contributed by atoms with Gasteiger partial charge < -0.3 is 40.2 Å². The predicted octanol–water partition coefficient (Wildman–Crippen LogP) is 4.24. The number of amides is 2. The number of piperidine rings is 3. The number of carbonyl (C=O) groups is 2. The van der Waals surface area contributed by atoms with Crippen LogP contribution in [0, 0.1) is 5.92 Å². The van der Waals surface area contributed by atoms with E-state index < -0.39 is 18.2 Å². The molecule has 5 N–H and O–H groups in total. The molecule has 3 aliphatic heterocycles. The van der Waals surface area contributed by atoms with Crippen molar-refractivity contribution in [3.8, 4) is 11.5 Å². The molecule has 3 atom stereocenters. The number of carbonyl (C=O) groups excluding carboxylic acids is 2. The van der Waals surface area contributed by atoms with Gasteiger partial charge >= 0.3 is 6.09 Å². The highest BCUT2D eigenvalue weighted by Gasteiger charge is 2.37. The molecule has 5 heterocycles. The van der Waals surface area contributed by atoms with Gasteiger partial charge in [0.05, 0.1) is 17.7 Å². The monoisotopic (exact) mass is 763 g/mol. The van der Waals surface area contributed by atoms with Crippen LogP contribution >= 0.6 is 0 Å². The summed E-state index contributed by atoms with van der Waals surface area (Å²) in [5.41, 5.74) is 3.31. The van der Waals surface area contributed by atoms with Crippen molar-refractivity contribution in [2.24, 2.45) is 13.0 Å². The molecule has 2 aromatic heterocycles. The van der Waals surface area contributed by atoms with Gasteiger partial charge in [0, 0.05) is 45.2 Å². The van der Waals surface area contributed by atoms with Gasteiger partial charge in [-0.2, -0.15) is 5.10 Å². The van der Waals surface area contributed by atoms with E-state index in [1.54, 1.807) is 41.9 Å². The molecule has 0 aliphatic carbocycles. The van der Waals surface area contributed by atoms with Crippen LogP contribution in [0.3, 0.4) is 0 Å². The summed E-state index contributed by atoms with van der Waals surface area (Å²) in [7, 11) is 3.46. The van der Waals surface area contributed by atoms with Crippen molar-refractivity contribution in [1.82, 2.24) is 35.2 Å². The second-order valence-electron chi connectivity index (χ2n) is 14.7. The number of fused-ring (bicyclic) bond motifs is 4. The number of phenols is 1. The minimum absolute atomic E-state index is 0.0614. The third-order valence-electron chi connectivity index (χ3n) is 10.8. The molecule has 294 valence electrons. The van der Waals surface area contributed by atoms with Crippen LogP contribution in [0.1, 0.15) is 64.3 Å². The summed E-state index contributed by atoms with van der Waals surface area (Å²) in [5.74, 6) is 0.762. The van der Waals surface area contributed by atoms with Gasteiger partial charge in [-0.3, -0.25) is 19.2 Å². The lowest BCUT2D eigenvalue weighted by Crippen LogP contribution is -2.52. The molecule has 3 aliphatic rings. The number of ether oxygens (including phenoxy) is 2. The number of H-pyrrole nitrogens is 1. The van der Waals surface area contributed by atoms with E-state index in [2.05, 4.69) is 25.6 Å². The van der Waals surface area contributed by atoms with E-state index in [4.69, 9.17) is 9.47 Å². The number of aromatic amines is 1. The van der Waals surface area contributed by atoms with Gasteiger partial charge in [0.25, 0.3) is 5.91 Å². The van der Waals surface area contributed by atoms with E-state index in [0.717, 1.165) is 43.6 Å². The van der Waals surface area contributed by atoms with Crippen molar-refractivity contribution in [2.45, 2.75) is 44.1 Å². The molecule has 3 fully saturated rings. The molecule has 3 aromatic carbocycles. The Hall–Kier alpha value is -5.70. The maximum Gasteiger partial charge on any atom is 0.408 e. The van der Waals surface area contributed by atoms with Gasteiger partial charge in [-0.15, -0.1) is 0 Å². The highest BCUT2D eigenvalue weighted by molar-refractivity contribution is 5.92. The first kappa shape index (κ1) is 38.6. The zero-order chi connectivity index (χ0) is 39.2. The molecule has 2 bridgehead atoms. The molecule has 5 aromatic rings. The van der Waals surface area contributed by atoms with Gasteiger partial charge in [0.15, 0.2) is 0 Å². The van der Waals surface area contributed by atoms with Crippen LogP contribution in [-0.2, 0) is 18.4 Å². The topological polar surface area (TPSA) is 174 Å². The number of aromatic nitrogens is 3. The molecule has 2 amide bonds. The van der Waals surface area contributed by atoms with Crippen molar-refractivity contribution in [3.05, 3.63) is 123 Å². The van der Waals surface area contributed by atoms with Gasteiger partial charge in [-0.05, 0) is 91.8 Å². The summed E-state index contributed by atoms with van der Waals surface area (Å²) in [6, 6.07) is 24.7. The number of rotatable bonds is 15. The van der Waals surface area contributed by atoms with E-state index in [9.17, 15) is 24.6 Å². The van der Waals surface area contributed by atoms with Crippen LogP contribution < -0.4 is 20.9 Å². The maximum absolute atomic E-state index is 13.4. The number of pyridine rings is 1. The second-order valence-corrected chi connectivity index (χ2v) is 14.7. The van der Waals surface area contributed by atoms with Gasteiger partial charge in [-0.1, -0.05) is 48.5 Å². The maximum atomic E-state index is 13.4. The first-order valence-electron chi connectivity index (χ1n) is 19.1. The minimum Gasteiger partial charge on any atom is -0.506 e. The second kappa shape index (κ2) is 17.4. The van der Waals surface area contributed by atoms with Crippen molar-refractivity contribution >= 4 is 22.9 Å². The molecule has 0 saturated carbocycles. The number of phenolic OH excluding ortho intramolecular Hbond substituents is 1. The third-order valence-corrected chi connectivity index (χ3v) is 10.8. The summed E-state index contributed by atoms with van der Waals surface area (Å²) in [4.78, 5) is 44.9. The number of aliphatic hydroxyl groups is 1. The Morgan fingerprint density at radius 3 is 2.57 bits per heavy atom. The van der Waals surface area contributed by atoms with Crippen molar-refractivity contribution < 1.29 is 29.3 Å². The fraction of sp³-hybridized carbons (Fsp3) is 0.381. The van der Waals surface area contributed by atoms with Gasteiger partial charge in [-0.25, -0.2) is 4.79 Å². The lowest BCUT2D eigenvalue weighted by Gasteiger charge is -2.43. The Labute approximate surface area is 325 Å². The molecule has 56 heavy (non-hydrogen) atoms. The third kappa shape index (κ3) is 9.05. The number of hydrogen-bond acceptors (Lipinski definition) is 10. The highest BCUT2D eigenvalue weighted by atomic mass is 16.6. The predicted molar refractivity (Wildman–Crippen MR) is 210 cm³/mol. The number of nitrogens with zero attached hydrogens (tertiary/aromatic N) is 4. The molecule has 0 radical (unpaired) electrons. The number of aromatic hydroxyl groups is 1. The van der Waals surface area contributed by atoms with E-state index in [-0.39, 0.29) is 42.0 Å². The van der Waals surface area contributed by atoms with E-state index in [0.29, 0.717) is 53.5 Å². The minimum atomic E-state index is -0.869. The molecular formula is C42H49N7O7. The number of nitrogens with one attached hydrogen (secondary N) is 3. The zero-order valence-electron chi connectivity index (χ0n) is 31.7. The zero-order valence-corrected chi connectivity index (χ0v) is 31.7. The first-order chi connectivity index (χ1) is 27.1. The Kier molecular flexibility index (Phi) is 12.0. The van der Waals surface area contributed by atoms with Gasteiger partial charge in [0.1, 0.15) is 35.6 Å². The Bertz CT molecular complexity index is 2200. The smallest absolute Gasteiger partial charge is 0.408 e. The number of aryl methyl sites for hydroxylation is 1. The van der Waals surface area contributed by atoms with E-state index >= 15 is 0 Å². The molecule has 8 rings (SSSR count). The van der Waals surface area contributed by atoms with Crippen molar-refractivity contribution in [2.75, 3.05) is 46.3 Å². The van der Waals surface area contributed by atoms with Crippen LogP contribution in [0.25, 0.3) is 10.9 Å². The lowest BCUT2D eigenvalue weighted by atomic mass is 9.86. The van der Waals surface area contributed by atoms with Crippen LogP contribution in [0.15, 0.2) is 89.7 Å². The Morgan fingerprint density at radius 2 is 1.80 bits per heavy atom. The van der Waals surface area contributed by atoms with Crippen molar-refractivity contribution in [3.63, 3.8) is 0 Å². The SMILES string of the molecule is CN(CCCNC[C@H](O)c1ccc(O)c2[nH]c(=O)ccc12)C(=O)c1cc(COc2cccc([C@@H](NC(=O)O[C@H]3CN4CCC3CC4)c3ccccc3)c2)nn1C. The first-order valence-corrected chi connectivity index (χ1v) is 19.1. The number of aliphatic hydroxyl groups excluding tert-OH is 1. The lowest BCUT2D eigenvalue weighted by molar-refractivity contribution is -0.0336. The molecule has 3 saturated heterocycles. The summed E-state index contributed by atoms with van der Waals surface area (Å²) in [5, 5.41) is 32.4. The summed E-state index contributed by atoms with van der Waals surface area (Å²) >= 11 is 0. The quantitative estimate of drug-likeness (QED) is 0.0971. The molecule has 14 heteroatoms.